The fourth-order valence-electron chi connectivity index (χ4n) is 4.76. The summed E-state index contributed by atoms with van der Waals surface area (Å²) in [4.78, 5) is 6.61. The van der Waals surface area contributed by atoms with Crippen LogP contribution in [0.4, 0.5) is 4.39 Å². The van der Waals surface area contributed by atoms with Gasteiger partial charge in [0.15, 0.2) is 0 Å². The first-order valence-electron chi connectivity index (χ1n) is 11.7. The Hall–Kier alpha value is -2.65. The molecule has 0 spiro atoms. The van der Waals surface area contributed by atoms with Crippen LogP contribution in [0.15, 0.2) is 54.7 Å². The number of hydrogen-bond acceptors (Lipinski definition) is 4. The third-order valence-electron chi connectivity index (χ3n) is 6.72. The van der Waals surface area contributed by atoms with Gasteiger partial charge in [-0.25, -0.2) is 4.39 Å². The first-order valence-corrected chi connectivity index (χ1v) is 12.1. The highest BCUT2D eigenvalue weighted by atomic mass is 35.5. The van der Waals surface area contributed by atoms with Crippen LogP contribution in [-0.2, 0) is 0 Å². The lowest BCUT2D eigenvalue weighted by molar-refractivity contribution is 0.0708. The molecule has 3 aromatic rings. The average Bonchev–Trinajstić information content (AvgIpc) is 2.88. The maximum absolute atomic E-state index is 15.4. The first kappa shape index (κ1) is 24.5. The van der Waals surface area contributed by atoms with Crippen molar-refractivity contribution in [3.63, 3.8) is 0 Å². The molecule has 3 atom stereocenters. The maximum Gasteiger partial charge on any atom is 0.126 e. The molecule has 1 fully saturated rings. The Bertz CT molecular complexity index is 1180. The van der Waals surface area contributed by atoms with E-state index in [1.165, 1.54) is 0 Å². The zero-order valence-electron chi connectivity index (χ0n) is 19.4. The van der Waals surface area contributed by atoms with Gasteiger partial charge in [0.2, 0.25) is 0 Å². The minimum Gasteiger partial charge on any atom is -0.497 e. The number of methoxy groups -OCH3 is 1. The molecule has 2 aromatic carbocycles. The lowest BCUT2D eigenvalue weighted by Crippen LogP contribution is -2.42. The second kappa shape index (κ2) is 11.7. The van der Waals surface area contributed by atoms with Crippen LogP contribution in [0, 0.1) is 23.7 Å². The molecule has 1 N–H and O–H groups in total. The van der Waals surface area contributed by atoms with Gasteiger partial charge < -0.3 is 9.84 Å². The fourth-order valence-corrected chi connectivity index (χ4v) is 4.94. The highest BCUT2D eigenvalue weighted by Crippen LogP contribution is 2.35. The third kappa shape index (κ3) is 5.88. The maximum atomic E-state index is 15.4. The summed E-state index contributed by atoms with van der Waals surface area (Å²) in [7, 11) is 1.61. The van der Waals surface area contributed by atoms with Crippen molar-refractivity contribution in [2.75, 3.05) is 33.4 Å². The highest BCUT2D eigenvalue weighted by Gasteiger charge is 2.29. The number of hydrogen-bond donors (Lipinski definition) is 1. The zero-order chi connectivity index (χ0) is 23.9. The standard InChI is InChI=1S/C28H30ClFN2O2/c1-34-23-9-11-28-25(17-23)24(12-14-31-28)27(30)10-8-20-13-16-32(18-22(20)19-33)15-4-6-21-5-2-3-7-26(21)29/h2-3,5,7,9,11-12,14,17,20,22,27,33H,8,10,13,15-16,18-19H2,1H3/t20-,22-,27?/m1/s1. The SMILES string of the molecule is COc1ccc2nccc(C(F)CC[C@@H]3CCN(CC#Cc4ccccc4Cl)C[C@@H]3CO)c2c1. The summed E-state index contributed by atoms with van der Waals surface area (Å²) >= 11 is 6.17. The third-order valence-corrected chi connectivity index (χ3v) is 7.05. The Morgan fingerprint density at radius 3 is 2.88 bits per heavy atom. The van der Waals surface area contributed by atoms with E-state index in [-0.39, 0.29) is 12.5 Å². The molecule has 1 aromatic heterocycles. The molecule has 1 aliphatic heterocycles. The number of nitrogens with zero attached hydrogens (tertiary/aromatic N) is 2. The topological polar surface area (TPSA) is 45.6 Å². The molecule has 1 unspecified atom stereocenters. The average molecular weight is 481 g/mol. The van der Waals surface area contributed by atoms with Crippen LogP contribution in [-0.4, -0.2) is 48.3 Å². The van der Waals surface area contributed by atoms with Gasteiger partial charge in [-0.3, -0.25) is 9.88 Å². The normalized spacial score (nSPS) is 19.4. The van der Waals surface area contributed by atoms with Gasteiger partial charge in [0.1, 0.15) is 11.9 Å². The minimum absolute atomic E-state index is 0.103. The smallest absolute Gasteiger partial charge is 0.126 e. The fraction of sp³-hybridized carbons (Fsp3) is 0.393. The Balaban J connectivity index is 1.34. The van der Waals surface area contributed by atoms with Crippen LogP contribution in [0.3, 0.4) is 0 Å². The Kier molecular flexibility index (Phi) is 8.39. The highest BCUT2D eigenvalue weighted by molar-refractivity contribution is 6.31. The summed E-state index contributed by atoms with van der Waals surface area (Å²) < 4.78 is 20.7. The molecular weight excluding hydrogens is 451 g/mol. The van der Waals surface area contributed by atoms with Gasteiger partial charge in [-0.1, -0.05) is 35.6 Å². The number of fused-ring (bicyclic) bond motifs is 1. The van der Waals surface area contributed by atoms with Crippen LogP contribution >= 0.6 is 11.6 Å². The molecule has 2 heterocycles. The van der Waals surface area contributed by atoms with Crippen molar-refractivity contribution in [3.8, 4) is 17.6 Å². The molecule has 0 radical (unpaired) electrons. The predicted molar refractivity (Wildman–Crippen MR) is 135 cm³/mol. The van der Waals surface area contributed by atoms with Crippen molar-refractivity contribution in [3.05, 3.63) is 70.9 Å². The first-order chi connectivity index (χ1) is 16.6. The van der Waals surface area contributed by atoms with E-state index in [0.717, 1.165) is 42.4 Å². The number of piperidine rings is 1. The summed E-state index contributed by atoms with van der Waals surface area (Å²) in [5, 5.41) is 11.5. The van der Waals surface area contributed by atoms with Crippen molar-refractivity contribution in [2.24, 2.45) is 11.8 Å². The number of alkyl halides is 1. The van der Waals surface area contributed by atoms with Crippen molar-refractivity contribution in [1.82, 2.24) is 9.88 Å². The molecule has 0 saturated carbocycles. The van der Waals surface area contributed by atoms with Gasteiger partial charge in [-0.15, -0.1) is 0 Å². The van der Waals surface area contributed by atoms with Gasteiger partial charge in [-0.2, -0.15) is 0 Å². The van der Waals surface area contributed by atoms with Crippen molar-refractivity contribution >= 4 is 22.5 Å². The van der Waals surface area contributed by atoms with Gasteiger partial charge in [0.25, 0.3) is 0 Å². The second-order valence-corrected chi connectivity index (χ2v) is 9.24. The van der Waals surface area contributed by atoms with Crippen molar-refractivity contribution in [1.29, 1.82) is 0 Å². The van der Waals surface area contributed by atoms with E-state index in [2.05, 4.69) is 21.7 Å². The quantitative estimate of drug-likeness (QED) is 0.442. The number of aromatic nitrogens is 1. The Morgan fingerprint density at radius 2 is 2.09 bits per heavy atom. The van der Waals surface area contributed by atoms with Crippen molar-refractivity contribution < 1.29 is 14.2 Å². The van der Waals surface area contributed by atoms with Crippen LogP contribution < -0.4 is 4.74 Å². The molecule has 4 rings (SSSR count). The van der Waals surface area contributed by atoms with E-state index in [1.54, 1.807) is 19.4 Å². The molecule has 4 nitrogen and oxygen atoms in total. The molecular formula is C28H30ClFN2O2. The van der Waals surface area contributed by atoms with Crippen LogP contribution in [0.25, 0.3) is 10.9 Å². The molecule has 0 aliphatic carbocycles. The summed E-state index contributed by atoms with van der Waals surface area (Å²) in [5.41, 5.74) is 2.24. The summed E-state index contributed by atoms with van der Waals surface area (Å²) in [6.45, 7) is 2.39. The summed E-state index contributed by atoms with van der Waals surface area (Å²) in [6.07, 6.45) is 2.66. The van der Waals surface area contributed by atoms with E-state index in [0.29, 0.717) is 35.2 Å². The predicted octanol–water partition coefficient (Wildman–Crippen LogP) is 5.67. The van der Waals surface area contributed by atoms with Crippen LogP contribution in [0.2, 0.25) is 5.02 Å². The Labute approximate surface area is 205 Å². The molecule has 1 aliphatic rings. The van der Waals surface area contributed by atoms with E-state index < -0.39 is 6.17 Å². The van der Waals surface area contributed by atoms with Gasteiger partial charge >= 0.3 is 0 Å². The largest absolute Gasteiger partial charge is 0.497 e. The molecule has 0 bridgehead atoms. The molecule has 1 saturated heterocycles. The lowest BCUT2D eigenvalue weighted by Gasteiger charge is -2.37. The van der Waals surface area contributed by atoms with E-state index in [1.807, 2.05) is 42.5 Å². The zero-order valence-corrected chi connectivity index (χ0v) is 20.1. The van der Waals surface area contributed by atoms with Gasteiger partial charge in [0, 0.05) is 30.3 Å². The van der Waals surface area contributed by atoms with E-state index >= 15 is 4.39 Å². The Morgan fingerprint density at radius 1 is 1.24 bits per heavy atom. The number of aliphatic hydroxyl groups excluding tert-OH is 1. The molecule has 34 heavy (non-hydrogen) atoms. The number of benzene rings is 2. The lowest BCUT2D eigenvalue weighted by atomic mass is 9.81. The van der Waals surface area contributed by atoms with Crippen LogP contribution in [0.1, 0.15) is 36.6 Å². The monoisotopic (exact) mass is 480 g/mol. The number of likely N-dealkylation sites (tertiary alicyclic amines) is 1. The number of ether oxygens (including phenoxy) is 1. The number of pyridine rings is 1. The summed E-state index contributed by atoms with van der Waals surface area (Å²) in [5.74, 6) is 7.45. The number of aliphatic hydroxyl groups is 1. The van der Waals surface area contributed by atoms with Crippen LogP contribution in [0.5, 0.6) is 5.75 Å². The van der Waals surface area contributed by atoms with Crippen molar-refractivity contribution in [2.45, 2.75) is 25.4 Å². The second-order valence-electron chi connectivity index (χ2n) is 8.84. The summed E-state index contributed by atoms with van der Waals surface area (Å²) in [6, 6.07) is 14.9. The number of halogens is 2. The molecule has 6 heteroatoms. The van der Waals surface area contributed by atoms with E-state index in [9.17, 15) is 5.11 Å². The van der Waals surface area contributed by atoms with Gasteiger partial charge in [-0.05, 0) is 79.6 Å². The minimum atomic E-state index is -1.09. The molecule has 0 amide bonds. The van der Waals surface area contributed by atoms with Gasteiger partial charge in [0.05, 0.1) is 24.2 Å². The molecule has 178 valence electrons. The van der Waals surface area contributed by atoms with E-state index in [4.69, 9.17) is 16.3 Å². The number of rotatable bonds is 7.